The Morgan fingerprint density at radius 1 is 1.24 bits per heavy atom. The predicted molar refractivity (Wildman–Crippen MR) is 88.0 cm³/mol. The van der Waals surface area contributed by atoms with E-state index in [1.807, 2.05) is 64.2 Å². The summed E-state index contributed by atoms with van der Waals surface area (Å²) in [6.45, 7) is 7.78. The Bertz CT molecular complexity index is 631. The van der Waals surface area contributed by atoms with Crippen molar-refractivity contribution in [2.45, 2.75) is 38.5 Å². The van der Waals surface area contributed by atoms with E-state index in [9.17, 15) is 4.21 Å². The summed E-state index contributed by atoms with van der Waals surface area (Å²) in [6.07, 6.45) is 1.89. The van der Waals surface area contributed by atoms with Crippen molar-refractivity contribution in [2.75, 3.05) is 0 Å². The lowest BCUT2D eigenvalue weighted by atomic mass is 10.3. The van der Waals surface area contributed by atoms with Crippen LogP contribution in [0.5, 0.6) is 0 Å². The molecule has 0 spiro atoms. The van der Waals surface area contributed by atoms with Gasteiger partial charge in [0.05, 0.1) is 33.2 Å². The molecule has 2 atom stereocenters. The van der Waals surface area contributed by atoms with Crippen molar-refractivity contribution < 1.29 is 4.21 Å². The van der Waals surface area contributed by atoms with Gasteiger partial charge >= 0.3 is 0 Å². The first kappa shape index (κ1) is 16.2. The minimum atomic E-state index is -1.12. The van der Waals surface area contributed by atoms with Gasteiger partial charge in [-0.05, 0) is 58.0 Å². The van der Waals surface area contributed by atoms with Crippen LogP contribution in [0, 0.1) is 0 Å². The van der Waals surface area contributed by atoms with Crippen LogP contribution in [0.2, 0.25) is 5.02 Å². The number of hydrogen-bond donors (Lipinski definition) is 1. The van der Waals surface area contributed by atoms with Gasteiger partial charge in [0.1, 0.15) is 0 Å². The molecule has 0 radical (unpaired) electrons. The zero-order valence-corrected chi connectivity index (χ0v) is 14.2. The van der Waals surface area contributed by atoms with Crippen molar-refractivity contribution in [2.24, 2.45) is 0 Å². The van der Waals surface area contributed by atoms with Crippen LogP contribution in [0.15, 0.2) is 36.5 Å². The van der Waals surface area contributed by atoms with Crippen molar-refractivity contribution in [1.29, 1.82) is 0 Å². The smallest absolute Gasteiger partial charge is 0.0976 e. The molecular formula is C15H20ClN3OS. The van der Waals surface area contributed by atoms with Crippen LogP contribution in [-0.4, -0.2) is 18.7 Å². The predicted octanol–water partition coefficient (Wildman–Crippen LogP) is 3.64. The first-order valence-electron chi connectivity index (χ1n) is 6.77. The van der Waals surface area contributed by atoms with E-state index < -0.39 is 11.0 Å². The monoisotopic (exact) mass is 325 g/mol. The highest BCUT2D eigenvalue weighted by Crippen LogP contribution is 2.18. The molecule has 1 heterocycles. The van der Waals surface area contributed by atoms with Gasteiger partial charge in [0.2, 0.25) is 0 Å². The topological polar surface area (TPSA) is 46.9 Å². The molecule has 0 aliphatic carbocycles. The lowest BCUT2D eigenvalue weighted by molar-refractivity contribution is 0.608. The number of halogens is 1. The highest BCUT2D eigenvalue weighted by atomic mass is 35.5. The third kappa shape index (κ3) is 4.15. The fourth-order valence-corrected chi connectivity index (χ4v) is 2.63. The second-order valence-corrected chi connectivity index (χ2v) is 8.32. The fourth-order valence-electron chi connectivity index (χ4n) is 1.70. The zero-order valence-electron chi connectivity index (χ0n) is 12.6. The summed E-state index contributed by atoms with van der Waals surface area (Å²) in [7, 11) is -1.12. The average Bonchev–Trinajstić information content (AvgIpc) is 2.88. The van der Waals surface area contributed by atoms with Crippen LogP contribution in [0.4, 0.5) is 0 Å². The van der Waals surface area contributed by atoms with Gasteiger partial charge in [0.15, 0.2) is 0 Å². The molecule has 0 aliphatic rings. The summed E-state index contributed by atoms with van der Waals surface area (Å²) in [6, 6.07) is 9.31. The molecule has 4 nitrogen and oxygen atoms in total. The minimum Gasteiger partial charge on any atom is -0.242 e. The minimum absolute atomic E-state index is 0.0846. The molecule has 0 aliphatic heterocycles. The van der Waals surface area contributed by atoms with E-state index in [1.165, 1.54) is 0 Å². The molecule has 21 heavy (non-hydrogen) atoms. The standard InChI is InChI=1S/C15H20ClN3OS/c1-11(18-21(20)15(2,3)4)14-9-10-19(17-14)13-7-5-12(16)6-8-13/h5-11,18H,1-4H3/t11-,21-/m1/s1. The van der Waals surface area contributed by atoms with Crippen molar-refractivity contribution >= 4 is 22.6 Å². The fraction of sp³-hybridized carbons (Fsp3) is 0.400. The Morgan fingerprint density at radius 3 is 2.43 bits per heavy atom. The lowest BCUT2D eigenvalue weighted by Gasteiger charge is -2.21. The van der Waals surface area contributed by atoms with Crippen LogP contribution in [0.1, 0.15) is 39.4 Å². The van der Waals surface area contributed by atoms with Crippen LogP contribution in [-0.2, 0) is 11.0 Å². The summed E-state index contributed by atoms with van der Waals surface area (Å²) in [5.74, 6) is 0. The van der Waals surface area contributed by atoms with Gasteiger partial charge in [-0.25, -0.2) is 13.6 Å². The molecule has 0 saturated heterocycles. The largest absolute Gasteiger partial charge is 0.242 e. The third-order valence-corrected chi connectivity index (χ3v) is 4.92. The van der Waals surface area contributed by atoms with Gasteiger partial charge in [-0.1, -0.05) is 11.6 Å². The zero-order chi connectivity index (χ0) is 15.6. The van der Waals surface area contributed by atoms with Gasteiger partial charge in [-0.2, -0.15) is 5.10 Å². The van der Waals surface area contributed by atoms with E-state index in [0.717, 1.165) is 11.4 Å². The number of nitrogens with zero attached hydrogens (tertiary/aromatic N) is 2. The van der Waals surface area contributed by atoms with E-state index in [4.69, 9.17) is 11.6 Å². The molecule has 1 aromatic heterocycles. The van der Waals surface area contributed by atoms with Crippen LogP contribution in [0.25, 0.3) is 5.69 Å². The third-order valence-electron chi connectivity index (χ3n) is 2.98. The molecule has 114 valence electrons. The Morgan fingerprint density at radius 2 is 1.86 bits per heavy atom. The SMILES string of the molecule is C[C@@H](N[S@](=O)C(C)(C)C)c1ccn(-c2ccc(Cl)cc2)n1. The van der Waals surface area contributed by atoms with Crippen molar-refractivity contribution in [3.63, 3.8) is 0 Å². The Balaban J connectivity index is 2.12. The maximum absolute atomic E-state index is 12.1. The average molecular weight is 326 g/mol. The first-order valence-corrected chi connectivity index (χ1v) is 8.30. The Labute approximate surface area is 133 Å². The highest BCUT2D eigenvalue weighted by Gasteiger charge is 2.22. The van der Waals surface area contributed by atoms with Crippen molar-refractivity contribution in [3.05, 3.63) is 47.2 Å². The Hall–Kier alpha value is -1.17. The van der Waals surface area contributed by atoms with Gasteiger partial charge in [0.25, 0.3) is 0 Å². The quantitative estimate of drug-likeness (QED) is 0.933. The number of rotatable bonds is 4. The van der Waals surface area contributed by atoms with Gasteiger partial charge in [-0.3, -0.25) is 0 Å². The molecular weight excluding hydrogens is 306 g/mol. The van der Waals surface area contributed by atoms with E-state index in [-0.39, 0.29) is 10.8 Å². The summed E-state index contributed by atoms with van der Waals surface area (Å²) < 4.78 is 16.7. The van der Waals surface area contributed by atoms with E-state index in [0.29, 0.717) is 5.02 Å². The summed E-state index contributed by atoms with van der Waals surface area (Å²) in [4.78, 5) is 0. The summed E-state index contributed by atoms with van der Waals surface area (Å²) in [5.41, 5.74) is 1.79. The molecule has 0 amide bonds. The van der Waals surface area contributed by atoms with Gasteiger partial charge in [0, 0.05) is 11.2 Å². The number of hydrogen-bond acceptors (Lipinski definition) is 2. The van der Waals surface area contributed by atoms with Crippen molar-refractivity contribution in [3.8, 4) is 5.69 Å². The van der Waals surface area contributed by atoms with Crippen molar-refractivity contribution in [1.82, 2.24) is 14.5 Å². The van der Waals surface area contributed by atoms with Crippen LogP contribution in [0.3, 0.4) is 0 Å². The molecule has 2 aromatic rings. The first-order chi connectivity index (χ1) is 9.77. The maximum atomic E-state index is 12.1. The second kappa shape index (κ2) is 6.30. The number of aromatic nitrogens is 2. The van der Waals surface area contributed by atoms with Crippen LogP contribution >= 0.6 is 11.6 Å². The van der Waals surface area contributed by atoms with E-state index >= 15 is 0 Å². The summed E-state index contributed by atoms with van der Waals surface area (Å²) >= 11 is 5.88. The highest BCUT2D eigenvalue weighted by molar-refractivity contribution is 7.84. The summed E-state index contributed by atoms with van der Waals surface area (Å²) in [5, 5.41) is 5.22. The molecule has 0 unspecified atom stereocenters. The molecule has 1 N–H and O–H groups in total. The Kier molecular flexibility index (Phi) is 4.86. The molecule has 0 bridgehead atoms. The molecule has 1 aromatic carbocycles. The molecule has 0 fully saturated rings. The number of nitrogens with one attached hydrogen (secondary N) is 1. The molecule has 2 rings (SSSR count). The van der Waals surface area contributed by atoms with E-state index in [2.05, 4.69) is 9.82 Å². The second-order valence-electron chi connectivity index (χ2n) is 5.88. The number of benzene rings is 1. The maximum Gasteiger partial charge on any atom is 0.0976 e. The molecule has 6 heteroatoms. The molecule has 0 saturated carbocycles. The lowest BCUT2D eigenvalue weighted by Crippen LogP contribution is -2.35. The van der Waals surface area contributed by atoms with E-state index in [1.54, 1.807) is 4.68 Å². The van der Waals surface area contributed by atoms with Crippen LogP contribution < -0.4 is 4.72 Å². The van der Waals surface area contributed by atoms with Gasteiger partial charge in [-0.15, -0.1) is 0 Å². The normalized spacial score (nSPS) is 14.9. The van der Waals surface area contributed by atoms with Gasteiger partial charge < -0.3 is 0 Å².